The minimum atomic E-state index is -0.385. The number of phenols is 1. The molecule has 0 atom stereocenters. The lowest BCUT2D eigenvalue weighted by atomic mass is 10.1. The number of carbonyl (C=O) groups excluding carboxylic acids is 2. The molecule has 0 spiro atoms. The zero-order valence-electron chi connectivity index (χ0n) is 15.6. The average Bonchev–Trinajstić information content (AvgIpc) is 2.67. The van der Waals surface area contributed by atoms with Crippen molar-refractivity contribution >= 4 is 23.2 Å². The minimum Gasteiger partial charge on any atom is -0.507 e. The topological polar surface area (TPSA) is 100 Å². The highest BCUT2D eigenvalue weighted by Gasteiger charge is 2.10. The largest absolute Gasteiger partial charge is 0.507 e. The molecule has 0 aromatic heterocycles. The first kappa shape index (κ1) is 20.0. The smallest absolute Gasteiger partial charge is 0.271 e. The molecule has 2 aromatic carbocycles. The van der Waals surface area contributed by atoms with E-state index >= 15 is 0 Å². The molecule has 0 fully saturated rings. The van der Waals surface area contributed by atoms with Crippen molar-refractivity contribution < 1.29 is 19.4 Å². The Hall–Kier alpha value is -3.35. The third-order valence-electron chi connectivity index (χ3n) is 3.82. The zero-order chi connectivity index (χ0) is 19.8. The Labute approximate surface area is 158 Å². The summed E-state index contributed by atoms with van der Waals surface area (Å²) >= 11 is 0. The van der Waals surface area contributed by atoms with Gasteiger partial charge in [-0.1, -0.05) is 6.92 Å². The van der Waals surface area contributed by atoms with Crippen LogP contribution in [0.5, 0.6) is 11.5 Å². The number of phenolic OH excluding ortho intramolecular Hbond substituents is 1. The number of nitrogens with one attached hydrogen (secondary N) is 2. The van der Waals surface area contributed by atoms with E-state index in [1.54, 1.807) is 50.4 Å². The second-order valence-corrected chi connectivity index (χ2v) is 5.90. The van der Waals surface area contributed by atoms with Gasteiger partial charge in [-0.05, 0) is 55.8 Å². The van der Waals surface area contributed by atoms with E-state index in [0.717, 1.165) is 6.42 Å². The maximum atomic E-state index is 12.2. The van der Waals surface area contributed by atoms with Gasteiger partial charge in [-0.25, -0.2) is 5.43 Å². The number of amides is 2. The van der Waals surface area contributed by atoms with Crippen molar-refractivity contribution in [2.75, 3.05) is 12.4 Å². The summed E-state index contributed by atoms with van der Waals surface area (Å²) in [7, 11) is 1.55. The zero-order valence-corrected chi connectivity index (χ0v) is 15.6. The molecule has 0 aliphatic carbocycles. The number of hydrogen-bond acceptors (Lipinski definition) is 5. The van der Waals surface area contributed by atoms with E-state index in [4.69, 9.17) is 4.74 Å². The fraction of sp³-hybridized carbons (Fsp3) is 0.250. The van der Waals surface area contributed by atoms with Gasteiger partial charge in [0.05, 0.1) is 12.8 Å². The third kappa shape index (κ3) is 5.57. The first-order chi connectivity index (χ1) is 12.9. The van der Waals surface area contributed by atoms with Gasteiger partial charge in [0.2, 0.25) is 5.91 Å². The summed E-state index contributed by atoms with van der Waals surface area (Å²) in [5.41, 5.74) is 4.25. The highest BCUT2D eigenvalue weighted by Crippen LogP contribution is 2.22. The van der Waals surface area contributed by atoms with Gasteiger partial charge in [-0.3, -0.25) is 9.59 Å². The summed E-state index contributed by atoms with van der Waals surface area (Å²) in [5.74, 6) is 0.168. The molecule has 2 aromatic rings. The summed E-state index contributed by atoms with van der Waals surface area (Å²) in [5, 5.41) is 16.9. The second kappa shape index (κ2) is 9.38. The summed E-state index contributed by atoms with van der Waals surface area (Å²) in [6.45, 7) is 3.57. The number of hydrogen-bond donors (Lipinski definition) is 3. The molecule has 7 heteroatoms. The van der Waals surface area contributed by atoms with Crippen LogP contribution in [0.1, 0.15) is 42.6 Å². The number of nitrogens with zero attached hydrogens (tertiary/aromatic N) is 1. The predicted molar refractivity (Wildman–Crippen MR) is 104 cm³/mol. The van der Waals surface area contributed by atoms with Crippen LogP contribution in [-0.2, 0) is 4.79 Å². The summed E-state index contributed by atoms with van der Waals surface area (Å²) in [6.07, 6.45) is 1.16. The number of benzene rings is 2. The van der Waals surface area contributed by atoms with E-state index in [2.05, 4.69) is 15.8 Å². The van der Waals surface area contributed by atoms with E-state index in [1.165, 1.54) is 6.07 Å². The Kier molecular flexibility index (Phi) is 6.93. The van der Waals surface area contributed by atoms with Gasteiger partial charge < -0.3 is 15.2 Å². The molecule has 3 N–H and O–H groups in total. The van der Waals surface area contributed by atoms with Crippen LogP contribution in [-0.4, -0.2) is 29.7 Å². The number of anilines is 1. The highest BCUT2D eigenvalue weighted by molar-refractivity contribution is 6.04. The fourth-order valence-electron chi connectivity index (χ4n) is 2.36. The maximum absolute atomic E-state index is 12.2. The molecule has 2 rings (SSSR count). The molecular formula is C20H23N3O4. The van der Waals surface area contributed by atoms with Crippen molar-refractivity contribution in [1.82, 2.24) is 5.43 Å². The van der Waals surface area contributed by atoms with Gasteiger partial charge in [0.15, 0.2) is 0 Å². The molecular weight excluding hydrogens is 346 g/mol. The Morgan fingerprint density at radius 2 is 1.85 bits per heavy atom. The van der Waals surface area contributed by atoms with Gasteiger partial charge in [-0.15, -0.1) is 0 Å². The lowest BCUT2D eigenvalue weighted by Crippen LogP contribution is -2.19. The number of ether oxygens (including phenoxy) is 1. The quantitative estimate of drug-likeness (QED) is 0.396. The van der Waals surface area contributed by atoms with E-state index < -0.39 is 0 Å². The Morgan fingerprint density at radius 3 is 2.48 bits per heavy atom. The molecule has 0 bridgehead atoms. The van der Waals surface area contributed by atoms with E-state index in [1.807, 2.05) is 6.92 Å². The highest BCUT2D eigenvalue weighted by atomic mass is 16.5. The Morgan fingerprint density at radius 1 is 1.15 bits per heavy atom. The van der Waals surface area contributed by atoms with Crippen LogP contribution in [0.25, 0.3) is 0 Å². The second-order valence-electron chi connectivity index (χ2n) is 5.90. The Balaban J connectivity index is 2.11. The maximum Gasteiger partial charge on any atom is 0.271 e. The summed E-state index contributed by atoms with van der Waals surface area (Å²) < 4.78 is 5.06. The number of rotatable bonds is 7. The van der Waals surface area contributed by atoms with Crippen molar-refractivity contribution in [2.24, 2.45) is 5.10 Å². The molecule has 0 radical (unpaired) electrons. The SMILES string of the molecule is CCCC(=O)Nc1ccc(O)c(/C(C)=N/NC(=O)c2ccc(OC)cc2)c1. The minimum absolute atomic E-state index is 0.00318. The van der Waals surface area contributed by atoms with Crippen molar-refractivity contribution in [1.29, 1.82) is 0 Å². The normalized spacial score (nSPS) is 11.0. The fourth-order valence-corrected chi connectivity index (χ4v) is 2.36. The molecule has 0 saturated carbocycles. The van der Waals surface area contributed by atoms with Gasteiger partial charge in [-0.2, -0.15) is 5.10 Å². The van der Waals surface area contributed by atoms with Crippen molar-refractivity contribution in [2.45, 2.75) is 26.7 Å². The van der Waals surface area contributed by atoms with Crippen molar-refractivity contribution in [3.8, 4) is 11.5 Å². The lowest BCUT2D eigenvalue weighted by Gasteiger charge is -2.09. The van der Waals surface area contributed by atoms with Gasteiger partial charge in [0, 0.05) is 23.2 Å². The lowest BCUT2D eigenvalue weighted by molar-refractivity contribution is -0.116. The van der Waals surface area contributed by atoms with Crippen molar-refractivity contribution in [3.63, 3.8) is 0 Å². The molecule has 27 heavy (non-hydrogen) atoms. The number of methoxy groups -OCH3 is 1. The van der Waals surface area contributed by atoms with Crippen LogP contribution in [0.2, 0.25) is 0 Å². The van der Waals surface area contributed by atoms with Crippen molar-refractivity contribution in [3.05, 3.63) is 53.6 Å². The van der Waals surface area contributed by atoms with Gasteiger partial charge in [0.25, 0.3) is 5.91 Å². The van der Waals surface area contributed by atoms with Crippen LogP contribution in [0.15, 0.2) is 47.6 Å². The number of aromatic hydroxyl groups is 1. The summed E-state index contributed by atoms with van der Waals surface area (Å²) in [6, 6.07) is 11.3. The van der Waals surface area contributed by atoms with E-state index in [9.17, 15) is 14.7 Å². The van der Waals surface area contributed by atoms with Gasteiger partial charge >= 0.3 is 0 Å². The van der Waals surface area contributed by atoms with Crippen LogP contribution in [0.3, 0.4) is 0 Å². The first-order valence-corrected chi connectivity index (χ1v) is 8.56. The van der Waals surface area contributed by atoms with E-state index in [-0.39, 0.29) is 17.6 Å². The molecule has 2 amide bonds. The standard InChI is InChI=1S/C20H23N3O4/c1-4-5-19(25)21-15-8-11-18(24)17(12-15)13(2)22-23-20(26)14-6-9-16(27-3)10-7-14/h6-12,24H,4-5H2,1-3H3,(H,21,25)(H,23,26)/b22-13+. The molecule has 0 saturated heterocycles. The van der Waals surface area contributed by atoms with Crippen LogP contribution >= 0.6 is 0 Å². The van der Waals surface area contributed by atoms with E-state index in [0.29, 0.717) is 34.7 Å². The predicted octanol–water partition coefficient (Wildman–Crippen LogP) is 3.29. The number of carbonyl (C=O) groups is 2. The third-order valence-corrected chi connectivity index (χ3v) is 3.82. The van der Waals surface area contributed by atoms with Crippen LogP contribution in [0, 0.1) is 0 Å². The monoisotopic (exact) mass is 369 g/mol. The Bertz CT molecular complexity index is 845. The molecule has 0 aliphatic rings. The average molecular weight is 369 g/mol. The van der Waals surface area contributed by atoms with Gasteiger partial charge in [0.1, 0.15) is 11.5 Å². The molecule has 0 heterocycles. The molecule has 142 valence electrons. The molecule has 0 unspecified atom stereocenters. The van der Waals surface area contributed by atoms with Crippen LogP contribution < -0.4 is 15.5 Å². The number of hydrazone groups is 1. The summed E-state index contributed by atoms with van der Waals surface area (Å²) in [4.78, 5) is 23.9. The van der Waals surface area contributed by atoms with Crippen LogP contribution in [0.4, 0.5) is 5.69 Å². The molecule has 0 aliphatic heterocycles. The molecule has 7 nitrogen and oxygen atoms in total. The first-order valence-electron chi connectivity index (χ1n) is 8.56.